The van der Waals surface area contributed by atoms with Crippen LogP contribution in [0.2, 0.25) is 0 Å². The molecule has 3 fully saturated rings. The average molecular weight is 621 g/mol. The minimum absolute atomic E-state index is 0.292. The van der Waals surface area contributed by atoms with E-state index in [9.17, 15) is 0 Å². The van der Waals surface area contributed by atoms with E-state index < -0.39 is 55.0 Å². The van der Waals surface area contributed by atoms with Crippen LogP contribution in [0.25, 0.3) is 0 Å². The predicted octanol–water partition coefficient (Wildman–Crippen LogP) is 5.40. The van der Waals surface area contributed by atoms with Crippen molar-refractivity contribution in [2.45, 2.75) is 102 Å². The van der Waals surface area contributed by atoms with Gasteiger partial charge in [-0.15, -0.1) is 0 Å². The summed E-state index contributed by atoms with van der Waals surface area (Å²) in [6.07, 6.45) is -4.67. The van der Waals surface area contributed by atoms with Crippen molar-refractivity contribution in [3.63, 3.8) is 0 Å². The molecule has 0 saturated carbocycles. The van der Waals surface area contributed by atoms with E-state index in [-0.39, 0.29) is 6.10 Å². The smallest absolute Gasteiger partial charge is 0.187 e. The summed E-state index contributed by atoms with van der Waals surface area (Å²) >= 11 is 0. The first-order chi connectivity index (χ1) is 21.9. The van der Waals surface area contributed by atoms with Crippen molar-refractivity contribution in [1.29, 1.82) is 0 Å². The molecule has 0 radical (unpaired) electrons. The Kier molecular flexibility index (Phi) is 10.6. The summed E-state index contributed by atoms with van der Waals surface area (Å²) in [5.41, 5.74) is 3.16. The van der Waals surface area contributed by atoms with Gasteiger partial charge in [-0.1, -0.05) is 91.0 Å². The van der Waals surface area contributed by atoms with E-state index in [1.54, 1.807) is 7.11 Å². The van der Waals surface area contributed by atoms with Crippen molar-refractivity contribution >= 4 is 0 Å². The molecule has 3 aromatic rings. The standard InChI is InChI=1S/C36H44O9/c1-24-29(31-33(34(37-4)41-24)45-36(2,3)44-31)43-35-32(40-22-27-18-12-7-13-19-27)30(39-21-26-16-10-6-11-17-26)28(42-35)23-38-20-25-14-8-5-9-15-25/h5-19,24,28-35H,20-23H2,1-4H3. The van der Waals surface area contributed by atoms with Gasteiger partial charge < -0.3 is 42.6 Å². The zero-order chi connectivity index (χ0) is 31.2. The van der Waals surface area contributed by atoms with Gasteiger partial charge in [0.15, 0.2) is 18.4 Å². The Morgan fingerprint density at radius 3 is 1.73 bits per heavy atom. The third-order valence-corrected chi connectivity index (χ3v) is 8.32. The second-order valence-corrected chi connectivity index (χ2v) is 12.2. The van der Waals surface area contributed by atoms with Crippen LogP contribution in [0.15, 0.2) is 91.0 Å². The highest BCUT2D eigenvalue weighted by atomic mass is 16.8. The minimum atomic E-state index is -0.823. The van der Waals surface area contributed by atoms with Gasteiger partial charge in [0.05, 0.1) is 32.5 Å². The monoisotopic (exact) mass is 620 g/mol. The maximum absolute atomic E-state index is 6.77. The fourth-order valence-corrected chi connectivity index (χ4v) is 6.16. The number of ether oxygens (including phenoxy) is 9. The Labute approximate surface area is 265 Å². The summed E-state index contributed by atoms with van der Waals surface area (Å²) in [6, 6.07) is 30.2. The minimum Gasteiger partial charge on any atom is -0.374 e. The lowest BCUT2D eigenvalue weighted by molar-refractivity contribution is -0.302. The summed E-state index contributed by atoms with van der Waals surface area (Å²) in [6.45, 7) is 7.19. The van der Waals surface area contributed by atoms with Gasteiger partial charge in [0.1, 0.15) is 36.6 Å². The zero-order valence-corrected chi connectivity index (χ0v) is 26.4. The molecule has 45 heavy (non-hydrogen) atoms. The molecule has 9 atom stereocenters. The molecule has 0 amide bonds. The average Bonchev–Trinajstić information content (AvgIpc) is 3.56. The molecule has 3 aromatic carbocycles. The molecular formula is C36H44O9. The second-order valence-electron chi connectivity index (χ2n) is 12.2. The van der Waals surface area contributed by atoms with Gasteiger partial charge in [0.25, 0.3) is 0 Å². The third kappa shape index (κ3) is 8.00. The number of hydrogen-bond donors (Lipinski definition) is 0. The van der Waals surface area contributed by atoms with Crippen molar-refractivity contribution in [1.82, 2.24) is 0 Å². The Bertz CT molecular complexity index is 1310. The van der Waals surface area contributed by atoms with Gasteiger partial charge in [-0.05, 0) is 37.5 Å². The molecule has 0 bridgehead atoms. The van der Waals surface area contributed by atoms with Crippen molar-refractivity contribution in [3.05, 3.63) is 108 Å². The first-order valence-electron chi connectivity index (χ1n) is 15.7. The molecule has 3 aliphatic heterocycles. The highest BCUT2D eigenvalue weighted by Crippen LogP contribution is 2.41. The van der Waals surface area contributed by atoms with Crippen LogP contribution in [0.1, 0.15) is 37.5 Å². The molecule has 0 aliphatic carbocycles. The molecule has 9 heteroatoms. The number of benzene rings is 3. The van der Waals surface area contributed by atoms with Gasteiger partial charge in [0, 0.05) is 7.11 Å². The van der Waals surface area contributed by atoms with E-state index >= 15 is 0 Å². The van der Waals surface area contributed by atoms with Crippen LogP contribution in [0.5, 0.6) is 0 Å². The molecule has 0 spiro atoms. The number of rotatable bonds is 13. The van der Waals surface area contributed by atoms with Crippen LogP contribution in [-0.4, -0.2) is 74.8 Å². The summed E-state index contributed by atoms with van der Waals surface area (Å²) < 4.78 is 57.1. The maximum Gasteiger partial charge on any atom is 0.187 e. The van der Waals surface area contributed by atoms with Gasteiger partial charge in [-0.2, -0.15) is 0 Å². The lowest BCUT2D eigenvalue weighted by Crippen LogP contribution is -2.58. The van der Waals surface area contributed by atoms with Crippen molar-refractivity contribution < 1.29 is 42.6 Å². The molecule has 0 aromatic heterocycles. The fourth-order valence-electron chi connectivity index (χ4n) is 6.16. The summed E-state index contributed by atoms with van der Waals surface area (Å²) in [4.78, 5) is 0. The van der Waals surface area contributed by atoms with Crippen LogP contribution in [-0.2, 0) is 62.5 Å². The first-order valence-corrected chi connectivity index (χ1v) is 15.7. The molecule has 6 rings (SSSR count). The number of hydrogen-bond acceptors (Lipinski definition) is 9. The fraction of sp³-hybridized carbons (Fsp3) is 0.500. The van der Waals surface area contributed by atoms with Gasteiger partial charge in [-0.3, -0.25) is 0 Å². The molecule has 9 nitrogen and oxygen atoms in total. The zero-order valence-electron chi connectivity index (χ0n) is 26.4. The van der Waals surface area contributed by atoms with Crippen LogP contribution >= 0.6 is 0 Å². The van der Waals surface area contributed by atoms with E-state index in [1.165, 1.54) is 0 Å². The molecular weight excluding hydrogens is 576 g/mol. The SMILES string of the molecule is COC1OC(C)C(OC2OC(COCc3ccccc3)C(OCc3ccccc3)C2OCc2ccccc2)C2OC(C)(C)OC12. The topological polar surface area (TPSA) is 83.1 Å². The van der Waals surface area contributed by atoms with E-state index in [0.29, 0.717) is 26.4 Å². The number of methoxy groups -OCH3 is 1. The molecule has 9 unspecified atom stereocenters. The normalized spacial score (nSPS) is 32.4. The first kappa shape index (κ1) is 32.2. The van der Waals surface area contributed by atoms with E-state index in [4.69, 9.17) is 42.6 Å². The Morgan fingerprint density at radius 1 is 0.622 bits per heavy atom. The van der Waals surface area contributed by atoms with Crippen LogP contribution < -0.4 is 0 Å². The lowest BCUT2D eigenvalue weighted by atomic mass is 9.99. The Balaban J connectivity index is 1.24. The van der Waals surface area contributed by atoms with Crippen LogP contribution in [0, 0.1) is 0 Å². The summed E-state index contributed by atoms with van der Waals surface area (Å²) in [5, 5.41) is 0. The van der Waals surface area contributed by atoms with E-state index in [0.717, 1.165) is 16.7 Å². The van der Waals surface area contributed by atoms with E-state index in [1.807, 2.05) is 112 Å². The molecule has 3 saturated heterocycles. The summed E-state index contributed by atoms with van der Waals surface area (Å²) in [5.74, 6) is -0.823. The highest BCUT2D eigenvalue weighted by Gasteiger charge is 2.57. The van der Waals surface area contributed by atoms with Crippen molar-refractivity contribution in [3.8, 4) is 0 Å². The molecule has 242 valence electrons. The van der Waals surface area contributed by atoms with Crippen molar-refractivity contribution in [2.75, 3.05) is 13.7 Å². The van der Waals surface area contributed by atoms with E-state index in [2.05, 4.69) is 0 Å². The predicted molar refractivity (Wildman–Crippen MR) is 165 cm³/mol. The molecule has 0 N–H and O–H groups in total. The van der Waals surface area contributed by atoms with Gasteiger partial charge >= 0.3 is 0 Å². The van der Waals surface area contributed by atoms with Crippen LogP contribution in [0.3, 0.4) is 0 Å². The maximum atomic E-state index is 6.77. The van der Waals surface area contributed by atoms with Crippen molar-refractivity contribution in [2.24, 2.45) is 0 Å². The number of fused-ring (bicyclic) bond motifs is 1. The third-order valence-electron chi connectivity index (χ3n) is 8.32. The lowest BCUT2D eigenvalue weighted by Gasteiger charge is -2.41. The van der Waals surface area contributed by atoms with Gasteiger partial charge in [0.2, 0.25) is 0 Å². The largest absolute Gasteiger partial charge is 0.374 e. The second kappa shape index (κ2) is 14.8. The Hall–Kier alpha value is -2.70. The summed E-state index contributed by atoms with van der Waals surface area (Å²) in [7, 11) is 1.60. The molecule has 3 aliphatic rings. The van der Waals surface area contributed by atoms with Gasteiger partial charge in [-0.25, -0.2) is 0 Å². The van der Waals surface area contributed by atoms with Crippen LogP contribution in [0.4, 0.5) is 0 Å². The Morgan fingerprint density at radius 2 is 1.16 bits per heavy atom. The highest BCUT2D eigenvalue weighted by molar-refractivity contribution is 5.15. The molecule has 3 heterocycles. The quantitative estimate of drug-likeness (QED) is 0.250.